The van der Waals surface area contributed by atoms with Crippen LogP contribution in [0.5, 0.6) is 0 Å². The van der Waals surface area contributed by atoms with Gasteiger partial charge in [0, 0.05) is 11.1 Å². The van der Waals surface area contributed by atoms with Crippen LogP contribution in [0.2, 0.25) is 0 Å². The van der Waals surface area contributed by atoms with Crippen molar-refractivity contribution in [3.63, 3.8) is 0 Å². The Balaban J connectivity index is 2.68. The molecule has 68 valence electrons. The van der Waals surface area contributed by atoms with Crippen molar-refractivity contribution in [1.82, 2.24) is 0 Å². The Morgan fingerprint density at radius 1 is 1.67 bits per heavy atom. The maximum atomic E-state index is 10.9. The number of hydrogen-bond acceptors (Lipinski definition) is 3. The second-order valence-electron chi connectivity index (χ2n) is 2.58. The van der Waals surface area contributed by atoms with Crippen LogP contribution in [0.1, 0.15) is 10.3 Å². The second-order valence-corrected chi connectivity index (χ2v) is 6.27. The van der Waals surface area contributed by atoms with Gasteiger partial charge < -0.3 is 0 Å². The van der Waals surface area contributed by atoms with Crippen LogP contribution in [0, 0.1) is 0 Å². The average molecular weight is 225 g/mol. The molecule has 0 aliphatic rings. The van der Waals surface area contributed by atoms with Crippen LogP contribution in [0.3, 0.4) is 0 Å². The molecule has 0 aliphatic heterocycles. The Bertz CT molecular complexity index is 328. The third-order valence-corrected chi connectivity index (χ3v) is 3.93. The predicted octanol–water partition coefficient (Wildman–Crippen LogP) is 2.07. The van der Waals surface area contributed by atoms with Gasteiger partial charge in [0.05, 0.1) is 11.1 Å². The number of rotatable bonds is 3. The zero-order chi connectivity index (χ0) is 9.19. The maximum Gasteiger partial charge on any atom is 0.149 e. The normalized spacial score (nSPS) is 14.5. The van der Waals surface area contributed by atoms with Crippen molar-refractivity contribution in [3.8, 4) is 0 Å². The lowest BCUT2D eigenvalue weighted by Crippen LogP contribution is -2.07. The first kappa shape index (κ1) is 10.0. The van der Waals surface area contributed by atoms with Gasteiger partial charge in [-0.1, -0.05) is 6.07 Å². The third-order valence-electron chi connectivity index (χ3n) is 1.30. The first-order valence-corrected chi connectivity index (χ1v) is 6.72. The largest absolute Gasteiger partial charge is 0.229 e. The molecule has 1 aromatic rings. The van der Waals surface area contributed by atoms with Gasteiger partial charge in [0.2, 0.25) is 0 Å². The van der Waals surface area contributed by atoms with Crippen LogP contribution < -0.4 is 0 Å². The van der Waals surface area contributed by atoms with Gasteiger partial charge in [-0.2, -0.15) is 0 Å². The lowest BCUT2D eigenvalue weighted by molar-refractivity contribution is 0.600. The molecule has 5 heteroatoms. The Morgan fingerprint density at radius 2 is 2.33 bits per heavy atom. The molecular formula is C7H9ClO2S2. The van der Waals surface area contributed by atoms with E-state index in [1.54, 1.807) is 0 Å². The van der Waals surface area contributed by atoms with Gasteiger partial charge in [-0.05, 0) is 11.4 Å². The minimum absolute atomic E-state index is 0.00900. The van der Waals surface area contributed by atoms with E-state index in [0.29, 0.717) is 0 Å². The highest BCUT2D eigenvalue weighted by Gasteiger charge is 2.14. The van der Waals surface area contributed by atoms with Gasteiger partial charge in [-0.3, -0.25) is 0 Å². The van der Waals surface area contributed by atoms with Gasteiger partial charge >= 0.3 is 0 Å². The molecule has 0 N–H and O–H groups in total. The number of alkyl halides is 1. The summed E-state index contributed by atoms with van der Waals surface area (Å²) in [6.07, 6.45) is 1.19. The van der Waals surface area contributed by atoms with E-state index in [9.17, 15) is 8.42 Å². The van der Waals surface area contributed by atoms with Crippen LogP contribution in [0.15, 0.2) is 17.5 Å². The van der Waals surface area contributed by atoms with Crippen LogP contribution >= 0.6 is 22.9 Å². The summed E-state index contributed by atoms with van der Waals surface area (Å²) < 4.78 is 21.7. The van der Waals surface area contributed by atoms with Gasteiger partial charge in [0.25, 0.3) is 0 Å². The molecule has 0 bridgehead atoms. The lowest BCUT2D eigenvalue weighted by Gasteiger charge is -2.03. The van der Waals surface area contributed by atoms with Gasteiger partial charge in [0.1, 0.15) is 9.84 Å². The van der Waals surface area contributed by atoms with Crippen molar-refractivity contribution in [3.05, 3.63) is 22.4 Å². The summed E-state index contributed by atoms with van der Waals surface area (Å²) in [6.45, 7) is 0. The predicted molar refractivity (Wildman–Crippen MR) is 52.6 cm³/mol. The number of sulfone groups is 1. The van der Waals surface area contributed by atoms with Crippen molar-refractivity contribution in [2.24, 2.45) is 0 Å². The Morgan fingerprint density at radius 3 is 2.75 bits per heavy atom. The molecule has 1 rings (SSSR count). The molecule has 2 nitrogen and oxygen atoms in total. The van der Waals surface area contributed by atoms with Crippen molar-refractivity contribution >= 4 is 32.8 Å². The van der Waals surface area contributed by atoms with Crippen LogP contribution in [-0.4, -0.2) is 20.4 Å². The SMILES string of the molecule is CS(=O)(=O)CC(Cl)c1cccs1. The molecule has 0 fully saturated rings. The Kier molecular flexibility index (Phi) is 3.15. The molecule has 12 heavy (non-hydrogen) atoms. The maximum absolute atomic E-state index is 10.9. The minimum Gasteiger partial charge on any atom is -0.229 e. The number of hydrogen-bond donors (Lipinski definition) is 0. The third kappa shape index (κ3) is 3.13. The summed E-state index contributed by atoms with van der Waals surface area (Å²) in [4.78, 5) is 0.905. The molecule has 0 saturated heterocycles. The molecule has 1 aromatic heterocycles. The number of thiophene rings is 1. The average Bonchev–Trinajstić information content (AvgIpc) is 2.32. The van der Waals surface area contributed by atoms with E-state index in [0.717, 1.165) is 4.88 Å². The smallest absolute Gasteiger partial charge is 0.149 e. The summed E-state index contributed by atoms with van der Waals surface area (Å²) in [6, 6.07) is 3.70. The molecule has 0 aromatic carbocycles. The Labute approximate surface area is 81.1 Å². The first-order chi connectivity index (χ1) is 5.49. The molecule has 0 aliphatic carbocycles. The minimum atomic E-state index is -2.97. The zero-order valence-electron chi connectivity index (χ0n) is 6.53. The van der Waals surface area contributed by atoms with E-state index in [4.69, 9.17) is 11.6 Å². The highest BCUT2D eigenvalue weighted by molar-refractivity contribution is 7.90. The zero-order valence-corrected chi connectivity index (χ0v) is 8.92. The molecule has 0 saturated carbocycles. The molecule has 1 unspecified atom stereocenters. The Hall–Kier alpha value is -0.0600. The highest BCUT2D eigenvalue weighted by atomic mass is 35.5. The molecule has 0 radical (unpaired) electrons. The van der Waals surface area contributed by atoms with Crippen LogP contribution in [-0.2, 0) is 9.84 Å². The van der Waals surface area contributed by atoms with E-state index in [1.807, 2.05) is 17.5 Å². The van der Waals surface area contributed by atoms with Gasteiger partial charge in [-0.15, -0.1) is 22.9 Å². The summed E-state index contributed by atoms with van der Waals surface area (Å²) in [5, 5.41) is 1.48. The summed E-state index contributed by atoms with van der Waals surface area (Å²) >= 11 is 7.34. The second kappa shape index (κ2) is 3.77. The first-order valence-electron chi connectivity index (χ1n) is 3.34. The van der Waals surface area contributed by atoms with Crippen molar-refractivity contribution in [2.45, 2.75) is 5.38 Å². The highest BCUT2D eigenvalue weighted by Crippen LogP contribution is 2.25. The van der Waals surface area contributed by atoms with Gasteiger partial charge in [0.15, 0.2) is 0 Å². The van der Waals surface area contributed by atoms with Gasteiger partial charge in [-0.25, -0.2) is 8.42 Å². The van der Waals surface area contributed by atoms with E-state index in [-0.39, 0.29) is 5.75 Å². The van der Waals surface area contributed by atoms with E-state index >= 15 is 0 Å². The quantitative estimate of drug-likeness (QED) is 0.737. The van der Waals surface area contributed by atoms with Crippen molar-refractivity contribution in [1.29, 1.82) is 0 Å². The number of halogens is 1. The topological polar surface area (TPSA) is 34.1 Å². The van der Waals surface area contributed by atoms with Crippen molar-refractivity contribution in [2.75, 3.05) is 12.0 Å². The fraction of sp³-hybridized carbons (Fsp3) is 0.429. The fourth-order valence-corrected chi connectivity index (χ4v) is 3.25. The molecule has 0 spiro atoms. The molecule has 0 amide bonds. The van der Waals surface area contributed by atoms with Crippen LogP contribution in [0.4, 0.5) is 0 Å². The van der Waals surface area contributed by atoms with Crippen LogP contribution in [0.25, 0.3) is 0 Å². The summed E-state index contributed by atoms with van der Waals surface area (Å²) in [7, 11) is -2.97. The standard InChI is InChI=1S/C7H9ClO2S2/c1-12(9,10)5-6(8)7-3-2-4-11-7/h2-4,6H,5H2,1H3. The van der Waals surface area contributed by atoms with Crippen molar-refractivity contribution < 1.29 is 8.42 Å². The summed E-state index contributed by atoms with van der Waals surface area (Å²) in [5.41, 5.74) is 0. The summed E-state index contributed by atoms with van der Waals surface area (Å²) in [5.74, 6) is 0.00900. The lowest BCUT2D eigenvalue weighted by atomic mass is 10.4. The molecular weight excluding hydrogens is 216 g/mol. The van der Waals surface area contributed by atoms with E-state index < -0.39 is 15.2 Å². The van der Waals surface area contributed by atoms with E-state index in [1.165, 1.54) is 17.6 Å². The molecule has 1 heterocycles. The molecule has 1 atom stereocenters. The monoisotopic (exact) mass is 224 g/mol. The van der Waals surface area contributed by atoms with E-state index in [2.05, 4.69) is 0 Å². The fourth-order valence-electron chi connectivity index (χ4n) is 0.817.